The lowest BCUT2D eigenvalue weighted by molar-refractivity contribution is 0.0490. The Morgan fingerprint density at radius 1 is 0.600 bits per heavy atom. The molecular formula is C31H68O4. The molecule has 1 unspecified atom stereocenters. The van der Waals surface area contributed by atoms with E-state index in [1.807, 2.05) is 6.08 Å². The summed E-state index contributed by atoms with van der Waals surface area (Å²) in [6.07, 6.45) is 28.3. The smallest absolute Gasteiger partial charge is 0.0547 e. The lowest BCUT2D eigenvalue weighted by Crippen LogP contribution is -2.09. The first-order valence-electron chi connectivity index (χ1n) is 14.7. The Hall–Kier alpha value is -0.420. The van der Waals surface area contributed by atoms with Crippen LogP contribution in [0, 0.1) is 0 Å². The molecule has 0 aliphatic rings. The van der Waals surface area contributed by atoms with Gasteiger partial charge in [-0.25, -0.2) is 0 Å². The number of aliphatic hydroxyl groups excluding tert-OH is 3. The Morgan fingerprint density at radius 2 is 1.00 bits per heavy atom. The third-order valence-corrected chi connectivity index (χ3v) is 5.75. The topological polar surface area (TPSA) is 69.9 Å². The van der Waals surface area contributed by atoms with Crippen LogP contribution in [0.25, 0.3) is 0 Å². The number of hydrogen-bond acceptors (Lipinski definition) is 4. The van der Waals surface area contributed by atoms with Crippen LogP contribution in [0.2, 0.25) is 0 Å². The monoisotopic (exact) mass is 505 g/mol. The minimum atomic E-state index is 0. The van der Waals surface area contributed by atoms with Crippen molar-refractivity contribution in [1.82, 2.24) is 0 Å². The molecule has 216 valence electrons. The van der Waals surface area contributed by atoms with Crippen LogP contribution in [-0.2, 0) is 4.74 Å². The fourth-order valence-corrected chi connectivity index (χ4v) is 3.49. The molecule has 35 heavy (non-hydrogen) atoms. The van der Waals surface area contributed by atoms with Gasteiger partial charge >= 0.3 is 0 Å². The molecule has 0 spiro atoms. The summed E-state index contributed by atoms with van der Waals surface area (Å²) < 4.78 is 5.58. The van der Waals surface area contributed by atoms with Crippen molar-refractivity contribution in [3.05, 3.63) is 12.7 Å². The van der Waals surface area contributed by atoms with Crippen LogP contribution >= 0.6 is 0 Å². The highest BCUT2D eigenvalue weighted by Crippen LogP contribution is 2.12. The zero-order valence-corrected chi connectivity index (χ0v) is 23.6. The number of ether oxygens (including phenoxy) is 1. The van der Waals surface area contributed by atoms with Gasteiger partial charge in [0.05, 0.1) is 6.10 Å². The molecule has 0 aromatic rings. The van der Waals surface area contributed by atoms with E-state index in [4.69, 9.17) is 20.1 Å². The van der Waals surface area contributed by atoms with Gasteiger partial charge in [-0.2, -0.15) is 0 Å². The molecule has 0 amide bonds. The number of aliphatic hydroxyl groups is 3. The normalized spacial score (nSPS) is 10.9. The van der Waals surface area contributed by atoms with Crippen LogP contribution in [0.3, 0.4) is 0 Å². The summed E-state index contributed by atoms with van der Waals surface area (Å²) in [5.74, 6) is 0. The van der Waals surface area contributed by atoms with E-state index in [1.165, 1.54) is 116 Å². The lowest BCUT2D eigenvalue weighted by Gasteiger charge is -2.12. The summed E-state index contributed by atoms with van der Waals surface area (Å²) in [5.41, 5.74) is 0. The van der Waals surface area contributed by atoms with E-state index < -0.39 is 0 Å². The van der Waals surface area contributed by atoms with Gasteiger partial charge in [0, 0.05) is 26.4 Å². The van der Waals surface area contributed by atoms with Gasteiger partial charge in [0.1, 0.15) is 0 Å². The average Bonchev–Trinajstić information content (AvgIpc) is 2.84. The fourth-order valence-electron chi connectivity index (χ4n) is 3.49. The molecular weight excluding hydrogens is 436 g/mol. The van der Waals surface area contributed by atoms with Crippen LogP contribution in [0.5, 0.6) is 0 Å². The van der Waals surface area contributed by atoms with E-state index in [1.54, 1.807) is 0 Å². The van der Waals surface area contributed by atoms with Gasteiger partial charge in [-0.3, -0.25) is 0 Å². The summed E-state index contributed by atoms with van der Waals surface area (Å²) >= 11 is 0. The second-order valence-corrected chi connectivity index (χ2v) is 9.38. The van der Waals surface area contributed by atoms with Gasteiger partial charge in [-0.15, -0.1) is 6.58 Å². The molecule has 4 heteroatoms. The highest BCUT2D eigenvalue weighted by Gasteiger charge is 2.01. The maximum atomic E-state index is 8.63. The molecule has 0 aliphatic heterocycles. The first-order valence-corrected chi connectivity index (χ1v) is 14.7. The van der Waals surface area contributed by atoms with Crippen molar-refractivity contribution >= 4 is 0 Å². The van der Waals surface area contributed by atoms with Crippen LogP contribution < -0.4 is 0 Å². The van der Waals surface area contributed by atoms with Gasteiger partial charge in [-0.05, 0) is 39.0 Å². The largest absolute Gasteiger partial charge is 0.396 e. The zero-order chi connectivity index (χ0) is 26.0. The van der Waals surface area contributed by atoms with Gasteiger partial charge < -0.3 is 20.1 Å². The number of unbranched alkanes of at least 4 members (excludes halogenated alkanes) is 15. The molecule has 0 aromatic carbocycles. The third-order valence-electron chi connectivity index (χ3n) is 5.75. The molecule has 0 bridgehead atoms. The molecule has 4 nitrogen and oxygen atoms in total. The standard InChI is InChI=1S/C15H32O2.C12H24.C3H8O2.CH4/c1-3-4-5-6-7-8-9-10-12-15(2)17-14-11-13-16;1-3-5-7-9-11-12-10-8-6-4-2;4-2-1-3-5;/h15-16H,3-14H2,1-2H3;3H,1,4-12H2,2H3;4-5H,1-3H2;1H4. The van der Waals surface area contributed by atoms with Crippen LogP contribution in [-0.4, -0.2) is 47.9 Å². The molecule has 0 radical (unpaired) electrons. The predicted octanol–water partition coefficient (Wildman–Crippen LogP) is 9.01. The first kappa shape index (κ1) is 41.7. The Bertz CT molecular complexity index is 321. The van der Waals surface area contributed by atoms with Crippen LogP contribution in [0.15, 0.2) is 12.7 Å². The molecule has 1 atom stereocenters. The maximum absolute atomic E-state index is 8.63. The summed E-state index contributed by atoms with van der Waals surface area (Å²) in [7, 11) is 0. The van der Waals surface area contributed by atoms with Crippen molar-refractivity contribution in [3.63, 3.8) is 0 Å². The minimum absolute atomic E-state index is 0. The molecule has 0 rings (SSSR count). The highest BCUT2D eigenvalue weighted by atomic mass is 16.5. The number of hydrogen-bond donors (Lipinski definition) is 3. The quantitative estimate of drug-likeness (QED) is 0.0905. The zero-order valence-electron chi connectivity index (χ0n) is 23.6. The van der Waals surface area contributed by atoms with Crippen molar-refractivity contribution < 1.29 is 20.1 Å². The Morgan fingerprint density at radius 3 is 1.37 bits per heavy atom. The van der Waals surface area contributed by atoms with Crippen molar-refractivity contribution in [3.8, 4) is 0 Å². The van der Waals surface area contributed by atoms with Gasteiger partial charge in [0.15, 0.2) is 0 Å². The summed E-state index contributed by atoms with van der Waals surface area (Å²) in [6.45, 7) is 11.5. The Balaban J connectivity index is -0.000000233. The third kappa shape index (κ3) is 51.2. The second-order valence-electron chi connectivity index (χ2n) is 9.38. The maximum Gasteiger partial charge on any atom is 0.0547 e. The Labute approximate surface area is 222 Å². The second kappa shape index (κ2) is 43.6. The SMILES string of the molecule is C.C=CCCCCCCCCCC.CCCCCCCCCCC(C)OCCCO.OCCCO. The summed E-state index contributed by atoms with van der Waals surface area (Å²) in [4.78, 5) is 0. The van der Waals surface area contributed by atoms with E-state index in [-0.39, 0.29) is 27.2 Å². The summed E-state index contributed by atoms with van der Waals surface area (Å²) in [6, 6.07) is 0. The van der Waals surface area contributed by atoms with E-state index >= 15 is 0 Å². The van der Waals surface area contributed by atoms with Crippen LogP contribution in [0.1, 0.15) is 157 Å². The van der Waals surface area contributed by atoms with E-state index in [9.17, 15) is 0 Å². The van der Waals surface area contributed by atoms with Crippen molar-refractivity contribution in [2.24, 2.45) is 0 Å². The lowest BCUT2D eigenvalue weighted by atomic mass is 10.1. The van der Waals surface area contributed by atoms with Crippen LogP contribution in [0.4, 0.5) is 0 Å². The van der Waals surface area contributed by atoms with E-state index in [2.05, 4.69) is 27.4 Å². The molecule has 0 aliphatic carbocycles. The van der Waals surface area contributed by atoms with Gasteiger partial charge in [0.2, 0.25) is 0 Å². The molecule has 0 fully saturated rings. The van der Waals surface area contributed by atoms with E-state index in [0.29, 0.717) is 19.1 Å². The predicted molar refractivity (Wildman–Crippen MR) is 157 cm³/mol. The van der Waals surface area contributed by atoms with Crippen molar-refractivity contribution in [2.75, 3.05) is 26.4 Å². The molecule has 0 saturated heterocycles. The average molecular weight is 505 g/mol. The first-order chi connectivity index (χ1) is 16.6. The van der Waals surface area contributed by atoms with E-state index in [0.717, 1.165) is 6.42 Å². The van der Waals surface area contributed by atoms with Gasteiger partial charge in [0.25, 0.3) is 0 Å². The summed E-state index contributed by atoms with van der Waals surface area (Å²) in [5, 5.41) is 24.4. The minimum Gasteiger partial charge on any atom is -0.396 e. The molecule has 0 aromatic heterocycles. The van der Waals surface area contributed by atoms with Crippen molar-refractivity contribution in [1.29, 1.82) is 0 Å². The van der Waals surface area contributed by atoms with Gasteiger partial charge in [-0.1, -0.05) is 124 Å². The molecule has 0 heterocycles. The Kier molecular flexibility index (Phi) is 52.0. The highest BCUT2D eigenvalue weighted by molar-refractivity contribution is 4.65. The number of allylic oxidation sites excluding steroid dienone is 1. The number of rotatable bonds is 24. The molecule has 0 saturated carbocycles. The molecule has 3 N–H and O–H groups in total. The van der Waals surface area contributed by atoms with Crippen molar-refractivity contribution in [2.45, 2.75) is 163 Å². The fraction of sp³-hybridized carbons (Fsp3) is 0.935.